The fraction of sp³-hybridized carbons (Fsp3) is 0.556. The molecule has 1 heterocycles. The Balaban J connectivity index is 1.76. The smallest absolute Gasteiger partial charge is 0.135 e. The summed E-state index contributed by atoms with van der Waals surface area (Å²) in [4.78, 5) is 0. The average molecular weight is 409 g/mol. The Morgan fingerprint density at radius 3 is 2.17 bits per heavy atom. The van der Waals surface area contributed by atoms with Crippen molar-refractivity contribution in [2.24, 2.45) is 0 Å². The van der Waals surface area contributed by atoms with Crippen LogP contribution in [0.25, 0.3) is 11.1 Å². The van der Waals surface area contributed by atoms with Crippen molar-refractivity contribution in [3.63, 3.8) is 0 Å². The first-order valence-electron chi connectivity index (χ1n) is 11.9. The zero-order valence-corrected chi connectivity index (χ0v) is 19.1. The van der Waals surface area contributed by atoms with Crippen molar-refractivity contribution in [1.82, 2.24) is 0 Å². The van der Waals surface area contributed by atoms with Crippen LogP contribution in [0.5, 0.6) is 17.2 Å². The summed E-state index contributed by atoms with van der Waals surface area (Å²) in [6.45, 7) is 10.3. The minimum Gasteiger partial charge on any atom is -0.493 e. The second kappa shape index (κ2) is 8.91. The van der Waals surface area contributed by atoms with Crippen LogP contribution >= 0.6 is 0 Å². The molecule has 1 saturated carbocycles. The van der Waals surface area contributed by atoms with Crippen molar-refractivity contribution in [2.75, 3.05) is 13.2 Å². The Morgan fingerprint density at radius 2 is 1.57 bits per heavy atom. The highest BCUT2D eigenvalue weighted by molar-refractivity contribution is 5.80. The Bertz CT molecular complexity index is 895. The van der Waals surface area contributed by atoms with Crippen molar-refractivity contribution in [2.45, 2.75) is 84.7 Å². The number of ether oxygens (including phenoxy) is 3. The topological polar surface area (TPSA) is 27.7 Å². The van der Waals surface area contributed by atoms with Gasteiger partial charge in [-0.05, 0) is 80.3 Å². The van der Waals surface area contributed by atoms with Crippen molar-refractivity contribution >= 4 is 0 Å². The number of hydrogen-bond acceptors (Lipinski definition) is 3. The van der Waals surface area contributed by atoms with Crippen LogP contribution < -0.4 is 14.2 Å². The van der Waals surface area contributed by atoms with Crippen LogP contribution in [-0.4, -0.2) is 13.2 Å². The number of aryl methyl sites for hydroxylation is 2. The van der Waals surface area contributed by atoms with E-state index in [4.69, 9.17) is 14.2 Å². The molecular weight excluding hydrogens is 372 g/mol. The monoisotopic (exact) mass is 408 g/mol. The van der Waals surface area contributed by atoms with E-state index >= 15 is 0 Å². The summed E-state index contributed by atoms with van der Waals surface area (Å²) in [6, 6.07) is 9.01. The van der Waals surface area contributed by atoms with E-state index in [1.807, 2.05) is 0 Å². The lowest BCUT2D eigenvalue weighted by Crippen LogP contribution is -2.42. The molecule has 1 spiro atoms. The average Bonchev–Trinajstić information content (AvgIpc) is 2.72. The summed E-state index contributed by atoms with van der Waals surface area (Å²) in [6.07, 6.45) is 8.74. The van der Waals surface area contributed by atoms with Gasteiger partial charge in [0.15, 0.2) is 0 Å². The Morgan fingerprint density at radius 1 is 0.867 bits per heavy atom. The lowest BCUT2D eigenvalue weighted by molar-refractivity contribution is -0.0147. The molecule has 0 N–H and O–H groups in total. The highest BCUT2D eigenvalue weighted by Gasteiger charge is 2.46. The van der Waals surface area contributed by atoms with Crippen molar-refractivity contribution in [1.29, 1.82) is 0 Å². The molecule has 3 heteroatoms. The third-order valence-electron chi connectivity index (χ3n) is 6.62. The summed E-state index contributed by atoms with van der Waals surface area (Å²) >= 11 is 0. The predicted octanol–water partition coefficient (Wildman–Crippen LogP) is 7.35. The van der Waals surface area contributed by atoms with Gasteiger partial charge in [0.25, 0.3) is 0 Å². The molecule has 0 aromatic heterocycles. The largest absolute Gasteiger partial charge is 0.493 e. The normalized spacial score (nSPS) is 15.7. The van der Waals surface area contributed by atoms with E-state index < -0.39 is 0 Å². The van der Waals surface area contributed by atoms with E-state index in [-0.39, 0.29) is 5.60 Å². The van der Waals surface area contributed by atoms with Gasteiger partial charge in [0.2, 0.25) is 0 Å². The van der Waals surface area contributed by atoms with Crippen molar-refractivity contribution in [3.8, 4) is 28.4 Å². The molecule has 1 aliphatic heterocycles. The van der Waals surface area contributed by atoms with Crippen LogP contribution in [0.15, 0.2) is 24.3 Å². The minimum atomic E-state index is -0.201. The third-order valence-corrected chi connectivity index (χ3v) is 6.62. The standard InChI is InChI=1S/C27H36O3/c1-5-8-13-28-24-17-23-21(15-19(24)4)22-16-20(7-3)25(29-14-9-6-2)18-26(22)30-27(23)11-10-12-27/h15-18H,5-14H2,1-4H3. The summed E-state index contributed by atoms with van der Waals surface area (Å²) in [7, 11) is 0. The number of rotatable bonds is 9. The van der Waals surface area contributed by atoms with Gasteiger partial charge in [0.05, 0.1) is 13.2 Å². The molecule has 0 unspecified atom stereocenters. The van der Waals surface area contributed by atoms with Gasteiger partial charge >= 0.3 is 0 Å². The molecular formula is C27H36O3. The molecule has 2 aliphatic rings. The van der Waals surface area contributed by atoms with Gasteiger partial charge in [0.1, 0.15) is 22.8 Å². The van der Waals surface area contributed by atoms with E-state index in [0.29, 0.717) is 0 Å². The predicted molar refractivity (Wildman–Crippen MR) is 123 cm³/mol. The first kappa shape index (κ1) is 21.1. The molecule has 0 radical (unpaired) electrons. The summed E-state index contributed by atoms with van der Waals surface area (Å²) in [5.74, 6) is 2.97. The summed E-state index contributed by atoms with van der Waals surface area (Å²) < 4.78 is 19.0. The molecule has 2 aromatic carbocycles. The van der Waals surface area contributed by atoms with Crippen molar-refractivity contribution < 1.29 is 14.2 Å². The molecule has 30 heavy (non-hydrogen) atoms. The first-order valence-corrected chi connectivity index (χ1v) is 11.9. The van der Waals surface area contributed by atoms with Crippen LogP contribution in [-0.2, 0) is 12.0 Å². The van der Waals surface area contributed by atoms with Gasteiger partial charge in [0, 0.05) is 17.2 Å². The van der Waals surface area contributed by atoms with Gasteiger partial charge in [-0.25, -0.2) is 0 Å². The molecule has 0 bridgehead atoms. The van der Waals surface area contributed by atoms with E-state index in [2.05, 4.69) is 52.0 Å². The Hall–Kier alpha value is -2.16. The highest BCUT2D eigenvalue weighted by Crippen LogP contribution is 2.56. The van der Waals surface area contributed by atoms with E-state index in [0.717, 1.165) is 75.4 Å². The van der Waals surface area contributed by atoms with Crippen LogP contribution in [0, 0.1) is 6.92 Å². The Labute approximate surface area is 181 Å². The van der Waals surface area contributed by atoms with Crippen LogP contribution in [0.2, 0.25) is 0 Å². The fourth-order valence-electron chi connectivity index (χ4n) is 4.54. The van der Waals surface area contributed by atoms with Crippen LogP contribution in [0.3, 0.4) is 0 Å². The summed E-state index contributed by atoms with van der Waals surface area (Å²) in [5, 5.41) is 0. The third kappa shape index (κ3) is 3.79. The SMILES string of the molecule is CCCCOc1cc2c(cc1C)-c1cc(CC)c(OCCCC)cc1OC21CCC1. The molecule has 162 valence electrons. The van der Waals surface area contributed by atoms with Crippen LogP contribution in [0.1, 0.15) is 82.4 Å². The van der Waals surface area contributed by atoms with Gasteiger partial charge in [-0.2, -0.15) is 0 Å². The van der Waals surface area contributed by atoms with Gasteiger partial charge in [-0.3, -0.25) is 0 Å². The fourth-order valence-corrected chi connectivity index (χ4v) is 4.54. The van der Waals surface area contributed by atoms with Gasteiger partial charge in [-0.1, -0.05) is 33.6 Å². The van der Waals surface area contributed by atoms with Gasteiger partial charge in [-0.15, -0.1) is 0 Å². The summed E-state index contributed by atoms with van der Waals surface area (Å²) in [5.41, 5.74) is 6.07. The lowest BCUT2D eigenvalue weighted by atomic mass is 9.70. The molecule has 4 rings (SSSR count). The quantitative estimate of drug-likeness (QED) is 0.406. The first-order chi connectivity index (χ1) is 14.6. The maximum Gasteiger partial charge on any atom is 0.135 e. The molecule has 0 amide bonds. The van der Waals surface area contributed by atoms with Crippen molar-refractivity contribution in [3.05, 3.63) is 41.0 Å². The van der Waals surface area contributed by atoms with Gasteiger partial charge < -0.3 is 14.2 Å². The highest BCUT2D eigenvalue weighted by atomic mass is 16.5. The second-order valence-electron chi connectivity index (χ2n) is 8.83. The minimum absolute atomic E-state index is 0.201. The van der Waals surface area contributed by atoms with E-state index in [1.54, 1.807) is 0 Å². The maximum absolute atomic E-state index is 6.71. The molecule has 2 aromatic rings. The van der Waals surface area contributed by atoms with E-state index in [1.165, 1.54) is 34.2 Å². The molecule has 0 atom stereocenters. The number of hydrogen-bond donors (Lipinski definition) is 0. The zero-order chi connectivity index (χ0) is 21.1. The second-order valence-corrected chi connectivity index (χ2v) is 8.83. The molecule has 0 saturated heterocycles. The lowest BCUT2D eigenvalue weighted by Gasteiger charge is -2.47. The molecule has 1 fully saturated rings. The number of fused-ring (bicyclic) bond motifs is 4. The van der Waals surface area contributed by atoms with Crippen LogP contribution in [0.4, 0.5) is 0 Å². The molecule has 1 aliphatic carbocycles. The number of unbranched alkanes of at least 4 members (excludes halogenated alkanes) is 2. The Kier molecular flexibility index (Phi) is 6.26. The van der Waals surface area contributed by atoms with E-state index in [9.17, 15) is 0 Å². The number of benzene rings is 2. The maximum atomic E-state index is 6.71. The zero-order valence-electron chi connectivity index (χ0n) is 19.1. The molecule has 3 nitrogen and oxygen atoms in total.